The number of aromatic nitrogens is 1. The van der Waals surface area contributed by atoms with Crippen molar-refractivity contribution in [3.05, 3.63) is 29.6 Å². The number of aryl methyl sites for hydroxylation is 1. The van der Waals surface area contributed by atoms with E-state index >= 15 is 0 Å². The van der Waals surface area contributed by atoms with Crippen molar-refractivity contribution in [2.24, 2.45) is 0 Å². The lowest BCUT2D eigenvalue weighted by Gasteiger charge is -2.12. The molecule has 0 amide bonds. The molecule has 1 atom stereocenters. The van der Waals surface area contributed by atoms with Crippen LogP contribution in [0.1, 0.15) is 30.6 Å². The van der Waals surface area contributed by atoms with E-state index in [0.717, 1.165) is 12.1 Å². The summed E-state index contributed by atoms with van der Waals surface area (Å²) in [6.45, 7) is 3.93. The van der Waals surface area contributed by atoms with Crippen LogP contribution in [-0.2, 0) is 0 Å². The van der Waals surface area contributed by atoms with Crippen molar-refractivity contribution in [1.82, 2.24) is 10.3 Å². The normalized spacial score (nSPS) is 11.6. The largest absolute Gasteiger partial charge is 0.311 e. The van der Waals surface area contributed by atoms with Crippen LogP contribution in [-0.4, -0.2) is 12.0 Å². The molecule has 1 unspecified atom stereocenters. The minimum atomic E-state index is 0.238. The van der Waals surface area contributed by atoms with Gasteiger partial charge in [0.15, 0.2) is 0 Å². The molecule has 0 spiro atoms. The topological polar surface area (TPSA) is 24.9 Å². The maximum Gasteiger partial charge on any atom is 0.0603 e. The third kappa shape index (κ3) is 2.86. The summed E-state index contributed by atoms with van der Waals surface area (Å²) in [6.07, 6.45) is 2.65. The van der Waals surface area contributed by atoms with Gasteiger partial charge in [0.2, 0.25) is 0 Å². The minimum Gasteiger partial charge on any atom is -0.311 e. The third-order valence-corrected chi connectivity index (χ3v) is 2.13. The van der Waals surface area contributed by atoms with Crippen LogP contribution in [0.2, 0.25) is 0 Å². The molecule has 1 rings (SSSR count). The molecular formula is C12H16N2. The maximum atomic E-state index is 4.33. The van der Waals surface area contributed by atoms with E-state index in [0.29, 0.717) is 0 Å². The highest BCUT2D eigenvalue weighted by Gasteiger charge is 2.08. The number of nitrogens with zero attached hydrogens (tertiary/aromatic N) is 1. The van der Waals surface area contributed by atoms with E-state index in [1.54, 1.807) is 0 Å². The molecule has 0 bridgehead atoms. The second-order valence-electron chi connectivity index (χ2n) is 3.23. The summed E-state index contributed by atoms with van der Waals surface area (Å²) in [7, 11) is 1.94. The predicted molar refractivity (Wildman–Crippen MR) is 58.8 cm³/mol. The third-order valence-electron chi connectivity index (χ3n) is 2.13. The van der Waals surface area contributed by atoms with Crippen molar-refractivity contribution in [2.75, 3.05) is 7.05 Å². The van der Waals surface area contributed by atoms with Crippen LogP contribution in [0.3, 0.4) is 0 Å². The summed E-state index contributed by atoms with van der Waals surface area (Å²) >= 11 is 0. The Bertz CT molecular complexity index is 347. The molecule has 2 heteroatoms. The lowest BCUT2D eigenvalue weighted by atomic mass is 10.1. The number of rotatable bonds is 3. The molecule has 0 aliphatic rings. The summed E-state index contributed by atoms with van der Waals surface area (Å²) < 4.78 is 0. The first-order chi connectivity index (χ1) is 6.77. The van der Waals surface area contributed by atoms with Crippen molar-refractivity contribution in [3.8, 4) is 11.8 Å². The fourth-order valence-corrected chi connectivity index (χ4v) is 1.31. The summed E-state index contributed by atoms with van der Waals surface area (Å²) in [5.74, 6) is 5.96. The first-order valence-corrected chi connectivity index (χ1v) is 4.77. The summed E-state index contributed by atoms with van der Waals surface area (Å²) in [4.78, 5) is 4.33. The zero-order valence-corrected chi connectivity index (χ0v) is 8.96. The molecular weight excluding hydrogens is 172 g/mol. The highest BCUT2D eigenvalue weighted by molar-refractivity contribution is 5.18. The second kappa shape index (κ2) is 5.41. The molecule has 0 aromatic carbocycles. The average molecular weight is 188 g/mol. The first kappa shape index (κ1) is 10.7. The Morgan fingerprint density at radius 1 is 1.57 bits per heavy atom. The standard InChI is InChI=1S/C12H16N2/c1-4-5-6-11(13-3)12-9-10(2)7-8-14-12/h7-9,11,13H,6H2,1-3H3. The fourth-order valence-electron chi connectivity index (χ4n) is 1.31. The molecule has 14 heavy (non-hydrogen) atoms. The Hall–Kier alpha value is -1.33. The van der Waals surface area contributed by atoms with Crippen LogP contribution in [0, 0.1) is 18.8 Å². The zero-order chi connectivity index (χ0) is 10.4. The van der Waals surface area contributed by atoms with E-state index < -0.39 is 0 Å². The molecule has 1 heterocycles. The van der Waals surface area contributed by atoms with E-state index in [1.165, 1.54) is 5.56 Å². The van der Waals surface area contributed by atoms with Crippen molar-refractivity contribution >= 4 is 0 Å². The summed E-state index contributed by atoms with van der Waals surface area (Å²) in [5.41, 5.74) is 2.30. The zero-order valence-electron chi connectivity index (χ0n) is 8.96. The number of pyridine rings is 1. The van der Waals surface area contributed by atoms with Gasteiger partial charge in [0.05, 0.1) is 11.7 Å². The van der Waals surface area contributed by atoms with Crippen molar-refractivity contribution in [3.63, 3.8) is 0 Å². The van der Waals surface area contributed by atoms with Crippen LogP contribution in [0.15, 0.2) is 18.3 Å². The molecule has 0 radical (unpaired) electrons. The summed E-state index contributed by atoms with van der Waals surface area (Å²) in [6, 6.07) is 4.34. The first-order valence-electron chi connectivity index (χ1n) is 4.77. The monoisotopic (exact) mass is 188 g/mol. The van der Waals surface area contributed by atoms with Crippen molar-refractivity contribution < 1.29 is 0 Å². The lowest BCUT2D eigenvalue weighted by Crippen LogP contribution is -2.17. The molecule has 0 saturated heterocycles. The van der Waals surface area contributed by atoms with Gasteiger partial charge in [-0.25, -0.2) is 0 Å². The van der Waals surface area contributed by atoms with Crippen LogP contribution >= 0.6 is 0 Å². The molecule has 0 aliphatic carbocycles. The predicted octanol–water partition coefficient (Wildman–Crippen LogP) is 2.06. The molecule has 0 fully saturated rings. The van der Waals surface area contributed by atoms with Gasteiger partial charge in [-0.1, -0.05) is 0 Å². The number of hydrogen-bond acceptors (Lipinski definition) is 2. The van der Waals surface area contributed by atoms with Crippen molar-refractivity contribution in [1.29, 1.82) is 0 Å². The molecule has 0 saturated carbocycles. The average Bonchev–Trinajstić information content (AvgIpc) is 2.19. The van der Waals surface area contributed by atoms with Gasteiger partial charge < -0.3 is 5.32 Å². The Labute approximate surface area is 85.8 Å². The Morgan fingerprint density at radius 3 is 2.93 bits per heavy atom. The fraction of sp³-hybridized carbons (Fsp3) is 0.417. The highest BCUT2D eigenvalue weighted by atomic mass is 14.9. The van der Waals surface area contributed by atoms with Gasteiger partial charge in [-0.3, -0.25) is 4.98 Å². The smallest absolute Gasteiger partial charge is 0.0603 e. The van der Waals surface area contributed by atoms with Gasteiger partial charge in [-0.15, -0.1) is 11.8 Å². The van der Waals surface area contributed by atoms with Gasteiger partial charge in [0.25, 0.3) is 0 Å². The SMILES string of the molecule is CC#CCC(NC)c1cc(C)ccn1. The number of nitrogens with one attached hydrogen (secondary N) is 1. The second-order valence-corrected chi connectivity index (χ2v) is 3.23. The van der Waals surface area contributed by atoms with Crippen molar-refractivity contribution in [2.45, 2.75) is 26.3 Å². The quantitative estimate of drug-likeness (QED) is 0.734. The molecule has 1 aromatic rings. The van der Waals surface area contributed by atoms with E-state index in [4.69, 9.17) is 0 Å². The van der Waals surface area contributed by atoms with Crippen LogP contribution in [0.4, 0.5) is 0 Å². The summed E-state index contributed by atoms with van der Waals surface area (Å²) in [5, 5.41) is 3.22. The van der Waals surface area contributed by atoms with Crippen LogP contribution < -0.4 is 5.32 Å². The molecule has 1 aromatic heterocycles. The van der Waals surface area contributed by atoms with Gasteiger partial charge in [0.1, 0.15) is 0 Å². The van der Waals surface area contributed by atoms with Gasteiger partial charge >= 0.3 is 0 Å². The maximum absolute atomic E-state index is 4.33. The number of hydrogen-bond donors (Lipinski definition) is 1. The highest BCUT2D eigenvalue weighted by Crippen LogP contribution is 2.13. The Morgan fingerprint density at radius 2 is 2.36 bits per heavy atom. The Kier molecular flexibility index (Phi) is 4.15. The minimum absolute atomic E-state index is 0.238. The van der Waals surface area contributed by atoms with E-state index in [9.17, 15) is 0 Å². The Balaban J connectivity index is 2.81. The van der Waals surface area contributed by atoms with Crippen LogP contribution in [0.25, 0.3) is 0 Å². The van der Waals surface area contributed by atoms with Gasteiger partial charge in [-0.05, 0) is 38.6 Å². The lowest BCUT2D eigenvalue weighted by molar-refractivity contribution is 0.593. The molecule has 2 nitrogen and oxygen atoms in total. The molecule has 1 N–H and O–H groups in total. The van der Waals surface area contributed by atoms with Gasteiger partial charge in [-0.2, -0.15) is 0 Å². The van der Waals surface area contributed by atoms with Gasteiger partial charge in [0, 0.05) is 12.6 Å². The van der Waals surface area contributed by atoms with E-state index in [1.807, 2.05) is 26.2 Å². The molecule has 74 valence electrons. The van der Waals surface area contributed by atoms with Crippen LogP contribution in [0.5, 0.6) is 0 Å². The molecule has 0 aliphatic heterocycles. The van der Waals surface area contributed by atoms with E-state index in [-0.39, 0.29) is 6.04 Å². The van der Waals surface area contributed by atoms with E-state index in [2.05, 4.69) is 35.1 Å².